The molecule has 1 aliphatic heterocycles. The first-order chi connectivity index (χ1) is 11.7. The second-order valence-corrected chi connectivity index (χ2v) is 7.04. The summed E-state index contributed by atoms with van der Waals surface area (Å²) in [5.41, 5.74) is 1.82. The number of anilines is 1. The van der Waals surface area contributed by atoms with Gasteiger partial charge in [0, 0.05) is 36.4 Å². The van der Waals surface area contributed by atoms with Crippen molar-refractivity contribution in [3.8, 4) is 0 Å². The van der Waals surface area contributed by atoms with Crippen molar-refractivity contribution in [2.45, 2.75) is 44.7 Å². The molecule has 24 heavy (non-hydrogen) atoms. The molecule has 1 heterocycles. The Morgan fingerprint density at radius 2 is 1.96 bits per heavy atom. The van der Waals surface area contributed by atoms with E-state index in [2.05, 4.69) is 15.5 Å². The monoisotopic (exact) mass is 351 g/mol. The molecule has 5 nitrogen and oxygen atoms in total. The molecule has 0 radical (unpaired) electrons. The average molecular weight is 352 g/mol. The highest BCUT2D eigenvalue weighted by Crippen LogP contribution is 2.23. The minimum Gasteiger partial charge on any atom is -0.379 e. The van der Waals surface area contributed by atoms with Crippen LogP contribution in [0.15, 0.2) is 18.2 Å². The van der Waals surface area contributed by atoms with Gasteiger partial charge in [-0.3, -0.25) is 4.90 Å². The Morgan fingerprint density at radius 1 is 1.21 bits per heavy atom. The van der Waals surface area contributed by atoms with Crippen LogP contribution in [0.1, 0.15) is 37.7 Å². The molecule has 1 saturated carbocycles. The van der Waals surface area contributed by atoms with Crippen LogP contribution in [-0.4, -0.2) is 43.3 Å². The number of halogens is 1. The van der Waals surface area contributed by atoms with Gasteiger partial charge in [-0.05, 0) is 30.5 Å². The molecule has 3 rings (SSSR count). The van der Waals surface area contributed by atoms with E-state index in [0.717, 1.165) is 56.9 Å². The second-order valence-electron chi connectivity index (χ2n) is 6.63. The Labute approximate surface area is 148 Å². The lowest BCUT2D eigenvalue weighted by Gasteiger charge is -2.27. The van der Waals surface area contributed by atoms with Crippen molar-refractivity contribution in [1.82, 2.24) is 10.2 Å². The number of urea groups is 1. The summed E-state index contributed by atoms with van der Waals surface area (Å²) in [5.74, 6) is 0. The van der Waals surface area contributed by atoms with Crippen LogP contribution in [0.3, 0.4) is 0 Å². The first-order valence-electron chi connectivity index (χ1n) is 8.87. The van der Waals surface area contributed by atoms with Crippen molar-refractivity contribution in [1.29, 1.82) is 0 Å². The van der Waals surface area contributed by atoms with Gasteiger partial charge in [-0.2, -0.15) is 0 Å². The number of hydrogen-bond acceptors (Lipinski definition) is 3. The zero-order chi connectivity index (χ0) is 16.8. The van der Waals surface area contributed by atoms with Crippen LogP contribution >= 0.6 is 11.6 Å². The number of nitrogens with zero attached hydrogens (tertiary/aromatic N) is 1. The third-order valence-corrected chi connectivity index (χ3v) is 5.10. The Morgan fingerprint density at radius 3 is 2.67 bits per heavy atom. The van der Waals surface area contributed by atoms with Crippen molar-refractivity contribution in [3.63, 3.8) is 0 Å². The summed E-state index contributed by atoms with van der Waals surface area (Å²) in [6.45, 7) is 4.23. The number of hydrogen-bond donors (Lipinski definition) is 2. The third-order valence-electron chi connectivity index (χ3n) is 4.75. The van der Waals surface area contributed by atoms with Gasteiger partial charge in [0.05, 0.1) is 13.2 Å². The molecule has 0 aromatic heterocycles. The highest BCUT2D eigenvalue weighted by molar-refractivity contribution is 6.31. The van der Waals surface area contributed by atoms with Gasteiger partial charge >= 0.3 is 6.03 Å². The topological polar surface area (TPSA) is 53.6 Å². The molecule has 0 spiro atoms. The fourth-order valence-corrected chi connectivity index (χ4v) is 3.59. The normalized spacial score (nSPS) is 19.9. The van der Waals surface area contributed by atoms with Gasteiger partial charge < -0.3 is 15.4 Å². The van der Waals surface area contributed by atoms with E-state index >= 15 is 0 Å². The average Bonchev–Trinajstić information content (AvgIpc) is 2.59. The fraction of sp³-hybridized carbons (Fsp3) is 0.611. The van der Waals surface area contributed by atoms with Crippen LogP contribution in [0, 0.1) is 0 Å². The molecule has 132 valence electrons. The zero-order valence-corrected chi connectivity index (χ0v) is 14.8. The van der Waals surface area contributed by atoms with Crippen molar-refractivity contribution < 1.29 is 9.53 Å². The van der Waals surface area contributed by atoms with E-state index in [4.69, 9.17) is 16.3 Å². The first-order valence-corrected chi connectivity index (χ1v) is 9.24. The van der Waals surface area contributed by atoms with E-state index in [0.29, 0.717) is 11.1 Å². The molecule has 2 N–H and O–H groups in total. The third kappa shape index (κ3) is 5.10. The molecular formula is C18H26ClN3O2. The quantitative estimate of drug-likeness (QED) is 0.871. The van der Waals surface area contributed by atoms with Gasteiger partial charge in [-0.15, -0.1) is 0 Å². The van der Waals surface area contributed by atoms with Gasteiger partial charge in [0.1, 0.15) is 0 Å². The second kappa shape index (κ2) is 8.70. The van der Waals surface area contributed by atoms with E-state index in [-0.39, 0.29) is 6.03 Å². The summed E-state index contributed by atoms with van der Waals surface area (Å²) in [6.07, 6.45) is 5.83. The summed E-state index contributed by atoms with van der Waals surface area (Å²) >= 11 is 6.39. The predicted octanol–water partition coefficient (Wildman–Crippen LogP) is 3.63. The van der Waals surface area contributed by atoms with E-state index in [1.807, 2.05) is 18.2 Å². The molecular weight excluding hydrogens is 326 g/mol. The molecule has 2 aliphatic rings. The van der Waals surface area contributed by atoms with Crippen LogP contribution in [0.25, 0.3) is 0 Å². The lowest BCUT2D eigenvalue weighted by molar-refractivity contribution is 0.0342. The fourth-order valence-electron chi connectivity index (χ4n) is 3.35. The minimum atomic E-state index is -0.140. The van der Waals surface area contributed by atoms with E-state index < -0.39 is 0 Å². The molecule has 0 bridgehead atoms. The molecule has 0 unspecified atom stereocenters. The van der Waals surface area contributed by atoms with E-state index in [1.165, 1.54) is 19.3 Å². The standard InChI is InChI=1S/C18H26ClN3O2/c19-17-12-16(21-18(23)20-15-4-2-1-3-5-15)7-6-14(17)13-22-8-10-24-11-9-22/h6-7,12,15H,1-5,8-11,13H2,(H2,20,21,23). The summed E-state index contributed by atoms with van der Waals surface area (Å²) in [6, 6.07) is 5.90. The van der Waals surface area contributed by atoms with E-state index in [1.54, 1.807) is 0 Å². The van der Waals surface area contributed by atoms with Gasteiger partial charge in [-0.1, -0.05) is 36.9 Å². The Bertz CT molecular complexity index is 555. The van der Waals surface area contributed by atoms with Crippen LogP contribution in [-0.2, 0) is 11.3 Å². The number of morpholine rings is 1. The number of carbonyl (C=O) groups excluding carboxylic acids is 1. The number of rotatable bonds is 4. The predicted molar refractivity (Wildman–Crippen MR) is 96.6 cm³/mol. The summed E-state index contributed by atoms with van der Waals surface area (Å²) in [5, 5.41) is 6.64. The Kier molecular flexibility index (Phi) is 6.35. The van der Waals surface area contributed by atoms with Crippen LogP contribution in [0.5, 0.6) is 0 Å². The molecule has 1 aromatic carbocycles. The summed E-state index contributed by atoms with van der Waals surface area (Å²) in [7, 11) is 0. The highest BCUT2D eigenvalue weighted by atomic mass is 35.5. The minimum absolute atomic E-state index is 0.140. The number of nitrogens with one attached hydrogen (secondary N) is 2. The maximum Gasteiger partial charge on any atom is 0.319 e. The van der Waals surface area contributed by atoms with Gasteiger partial charge in [-0.25, -0.2) is 4.79 Å². The maximum atomic E-state index is 12.1. The molecule has 2 fully saturated rings. The number of benzene rings is 1. The molecule has 0 atom stereocenters. The van der Waals surface area contributed by atoms with Crippen molar-refractivity contribution in [2.24, 2.45) is 0 Å². The molecule has 1 saturated heterocycles. The zero-order valence-electron chi connectivity index (χ0n) is 14.0. The smallest absolute Gasteiger partial charge is 0.319 e. The first kappa shape index (κ1) is 17.5. The van der Waals surface area contributed by atoms with Gasteiger partial charge in [0.15, 0.2) is 0 Å². The van der Waals surface area contributed by atoms with E-state index in [9.17, 15) is 4.79 Å². The van der Waals surface area contributed by atoms with Gasteiger partial charge in [0.2, 0.25) is 0 Å². The molecule has 1 aliphatic carbocycles. The summed E-state index contributed by atoms with van der Waals surface area (Å²) in [4.78, 5) is 14.4. The Hall–Kier alpha value is -1.30. The Balaban J connectivity index is 1.52. The lowest BCUT2D eigenvalue weighted by atomic mass is 9.96. The number of ether oxygens (including phenoxy) is 1. The SMILES string of the molecule is O=C(Nc1ccc(CN2CCOCC2)c(Cl)c1)NC1CCCCC1. The van der Waals surface area contributed by atoms with Crippen molar-refractivity contribution >= 4 is 23.3 Å². The molecule has 2 amide bonds. The van der Waals surface area contributed by atoms with Gasteiger partial charge in [0.25, 0.3) is 0 Å². The van der Waals surface area contributed by atoms with Crippen molar-refractivity contribution in [3.05, 3.63) is 28.8 Å². The van der Waals surface area contributed by atoms with Crippen LogP contribution in [0.4, 0.5) is 10.5 Å². The van der Waals surface area contributed by atoms with Crippen LogP contribution < -0.4 is 10.6 Å². The molecule has 1 aromatic rings. The molecule has 6 heteroatoms. The van der Waals surface area contributed by atoms with Crippen LogP contribution in [0.2, 0.25) is 5.02 Å². The van der Waals surface area contributed by atoms with Crippen molar-refractivity contribution in [2.75, 3.05) is 31.6 Å². The summed E-state index contributed by atoms with van der Waals surface area (Å²) < 4.78 is 5.36. The number of amides is 2. The lowest BCUT2D eigenvalue weighted by Crippen LogP contribution is -2.39. The highest BCUT2D eigenvalue weighted by Gasteiger charge is 2.16. The largest absolute Gasteiger partial charge is 0.379 e. The maximum absolute atomic E-state index is 12.1. The number of carbonyl (C=O) groups is 1.